The van der Waals surface area contributed by atoms with Gasteiger partial charge in [0.15, 0.2) is 0 Å². The lowest BCUT2D eigenvalue weighted by Crippen LogP contribution is -2.51. The van der Waals surface area contributed by atoms with Crippen LogP contribution in [0.1, 0.15) is 39.1 Å². The van der Waals surface area contributed by atoms with Crippen molar-refractivity contribution >= 4 is 12.0 Å². The number of methoxy groups -OCH3 is 1. The number of likely N-dealkylation sites (tertiary alicyclic amines) is 1. The number of carbonyl (C=O) groups is 2. The molecule has 2 N–H and O–H groups in total. The van der Waals surface area contributed by atoms with Gasteiger partial charge in [-0.05, 0) is 23.8 Å². The third kappa shape index (κ3) is 4.18. The van der Waals surface area contributed by atoms with Crippen LogP contribution in [0.3, 0.4) is 0 Å². The van der Waals surface area contributed by atoms with Gasteiger partial charge in [-0.3, -0.25) is 4.79 Å². The van der Waals surface area contributed by atoms with Crippen LogP contribution in [0.15, 0.2) is 36.5 Å². The lowest BCUT2D eigenvalue weighted by molar-refractivity contribution is -0.135. The van der Waals surface area contributed by atoms with Crippen molar-refractivity contribution in [3.8, 4) is 11.3 Å². The lowest BCUT2D eigenvalue weighted by Gasteiger charge is -2.30. The van der Waals surface area contributed by atoms with Crippen LogP contribution >= 0.6 is 0 Å². The Morgan fingerprint density at radius 2 is 2.00 bits per heavy atom. The summed E-state index contributed by atoms with van der Waals surface area (Å²) in [5, 5.41) is 2.68. The van der Waals surface area contributed by atoms with Crippen LogP contribution in [0.4, 0.5) is 4.79 Å². The highest BCUT2D eigenvalue weighted by Gasteiger charge is 2.40. The topological polar surface area (TPSA) is 87.3 Å². The predicted octanol–water partition coefficient (Wildman–Crippen LogP) is 3.37. The van der Waals surface area contributed by atoms with Crippen molar-refractivity contribution in [3.63, 3.8) is 0 Å². The Morgan fingerprint density at radius 3 is 2.64 bits per heavy atom. The number of amides is 2. The van der Waals surface area contributed by atoms with Gasteiger partial charge < -0.3 is 19.9 Å². The van der Waals surface area contributed by atoms with Crippen molar-refractivity contribution in [1.82, 2.24) is 20.2 Å². The molecule has 2 aromatic rings. The highest BCUT2D eigenvalue weighted by molar-refractivity contribution is 5.86. The summed E-state index contributed by atoms with van der Waals surface area (Å²) in [6, 6.07) is 9.20. The van der Waals surface area contributed by atoms with E-state index in [0.29, 0.717) is 12.5 Å². The highest BCUT2D eigenvalue weighted by Crippen LogP contribution is 2.35. The van der Waals surface area contributed by atoms with Gasteiger partial charge in [0.25, 0.3) is 0 Å². The van der Waals surface area contributed by atoms with Crippen LogP contribution in [0.5, 0.6) is 0 Å². The van der Waals surface area contributed by atoms with Gasteiger partial charge in [-0.2, -0.15) is 0 Å². The van der Waals surface area contributed by atoms with E-state index >= 15 is 0 Å². The van der Waals surface area contributed by atoms with Gasteiger partial charge in [0.1, 0.15) is 11.9 Å². The van der Waals surface area contributed by atoms with E-state index in [1.54, 1.807) is 0 Å². The minimum atomic E-state index is -0.635. The fourth-order valence-corrected chi connectivity index (χ4v) is 3.70. The van der Waals surface area contributed by atoms with Crippen LogP contribution in [-0.2, 0) is 9.53 Å². The van der Waals surface area contributed by atoms with E-state index in [9.17, 15) is 9.59 Å². The van der Waals surface area contributed by atoms with Gasteiger partial charge in [-0.25, -0.2) is 9.78 Å². The van der Waals surface area contributed by atoms with Crippen LogP contribution in [0.2, 0.25) is 0 Å². The van der Waals surface area contributed by atoms with Crippen molar-refractivity contribution in [2.24, 2.45) is 11.8 Å². The summed E-state index contributed by atoms with van der Waals surface area (Å²) in [5.41, 5.74) is 1.98. The van der Waals surface area contributed by atoms with Crippen molar-refractivity contribution in [2.75, 3.05) is 13.7 Å². The number of hydrogen-bond donors (Lipinski definition) is 2. The zero-order valence-corrected chi connectivity index (χ0v) is 16.8. The van der Waals surface area contributed by atoms with Crippen molar-refractivity contribution in [1.29, 1.82) is 0 Å². The molecular weight excluding hydrogens is 356 g/mol. The molecule has 1 fully saturated rings. The number of nitrogens with zero attached hydrogens (tertiary/aromatic N) is 2. The van der Waals surface area contributed by atoms with Gasteiger partial charge in [0.2, 0.25) is 5.91 Å². The number of imidazole rings is 1. The molecule has 3 rings (SSSR count). The molecule has 2 amide bonds. The average molecular weight is 384 g/mol. The van der Waals surface area contributed by atoms with Gasteiger partial charge in [-0.1, -0.05) is 51.1 Å². The maximum atomic E-state index is 13.3. The maximum absolute atomic E-state index is 13.3. The molecular formula is C21H28N4O3. The monoisotopic (exact) mass is 384 g/mol. The molecule has 0 saturated carbocycles. The largest absolute Gasteiger partial charge is 0.453 e. The second kappa shape index (κ2) is 8.46. The Bertz CT molecular complexity index is 818. The van der Waals surface area contributed by atoms with E-state index < -0.39 is 12.1 Å². The number of carbonyl (C=O) groups excluding carboxylic acids is 2. The van der Waals surface area contributed by atoms with E-state index in [2.05, 4.69) is 26.9 Å². The molecule has 0 spiro atoms. The third-order valence-corrected chi connectivity index (χ3v) is 5.18. The molecule has 7 heteroatoms. The van der Waals surface area contributed by atoms with Crippen LogP contribution in [0.25, 0.3) is 11.3 Å². The van der Waals surface area contributed by atoms with Gasteiger partial charge in [-0.15, -0.1) is 0 Å². The maximum Gasteiger partial charge on any atom is 0.407 e. The highest BCUT2D eigenvalue weighted by atomic mass is 16.5. The molecule has 0 aliphatic carbocycles. The second-order valence-corrected chi connectivity index (χ2v) is 7.75. The first-order valence-corrected chi connectivity index (χ1v) is 9.66. The zero-order valence-electron chi connectivity index (χ0n) is 16.8. The Labute approximate surface area is 165 Å². The van der Waals surface area contributed by atoms with Crippen molar-refractivity contribution in [2.45, 2.75) is 39.3 Å². The molecule has 3 atom stereocenters. The number of rotatable bonds is 5. The van der Waals surface area contributed by atoms with Crippen LogP contribution in [-0.4, -0.2) is 46.6 Å². The summed E-state index contributed by atoms with van der Waals surface area (Å²) in [6.45, 7) is 6.58. The normalized spacial score (nSPS) is 20.2. The Balaban J connectivity index is 1.83. The minimum absolute atomic E-state index is 0.0559. The molecule has 1 aromatic carbocycles. The van der Waals surface area contributed by atoms with E-state index in [1.165, 1.54) is 7.11 Å². The minimum Gasteiger partial charge on any atom is -0.453 e. The first-order valence-electron chi connectivity index (χ1n) is 9.66. The SMILES string of the molecule is COC(=O)N[C@H](C(=O)N1C[C@@H](C)C[C@H]1c1ncc(-c2ccccc2)[nH]1)C(C)C. The Kier molecular flexibility index (Phi) is 6.02. The number of benzene rings is 1. The van der Waals surface area contributed by atoms with E-state index in [1.807, 2.05) is 55.3 Å². The van der Waals surface area contributed by atoms with Crippen LogP contribution < -0.4 is 5.32 Å². The molecule has 0 radical (unpaired) electrons. The second-order valence-electron chi connectivity index (χ2n) is 7.75. The number of H-pyrrole nitrogens is 1. The quantitative estimate of drug-likeness (QED) is 0.827. The van der Waals surface area contributed by atoms with Gasteiger partial charge in [0, 0.05) is 6.54 Å². The summed E-state index contributed by atoms with van der Waals surface area (Å²) in [4.78, 5) is 34.7. The molecule has 28 heavy (non-hydrogen) atoms. The summed E-state index contributed by atoms with van der Waals surface area (Å²) < 4.78 is 4.69. The zero-order chi connectivity index (χ0) is 20.3. The van der Waals surface area contributed by atoms with E-state index in [0.717, 1.165) is 23.5 Å². The number of aromatic amines is 1. The van der Waals surface area contributed by atoms with E-state index in [4.69, 9.17) is 0 Å². The summed E-state index contributed by atoms with van der Waals surface area (Å²) in [6.07, 6.45) is 2.04. The molecule has 2 heterocycles. The fraction of sp³-hybridized carbons (Fsp3) is 0.476. The number of nitrogens with one attached hydrogen (secondary N) is 2. The molecule has 0 unspecified atom stereocenters. The molecule has 0 bridgehead atoms. The number of hydrogen-bond acceptors (Lipinski definition) is 4. The fourth-order valence-electron chi connectivity index (χ4n) is 3.70. The predicted molar refractivity (Wildman–Crippen MR) is 106 cm³/mol. The number of alkyl carbamates (subject to hydrolysis) is 1. The number of ether oxygens (including phenoxy) is 1. The molecule has 1 aliphatic heterocycles. The summed E-state index contributed by atoms with van der Waals surface area (Å²) >= 11 is 0. The molecule has 1 saturated heterocycles. The first kappa shape index (κ1) is 19.9. The molecule has 1 aromatic heterocycles. The van der Waals surface area contributed by atoms with Gasteiger partial charge in [0.05, 0.1) is 25.0 Å². The first-order chi connectivity index (χ1) is 13.4. The smallest absolute Gasteiger partial charge is 0.407 e. The Hall–Kier alpha value is -2.83. The van der Waals surface area contributed by atoms with Crippen LogP contribution in [0, 0.1) is 11.8 Å². The Morgan fingerprint density at radius 1 is 1.29 bits per heavy atom. The van der Waals surface area contributed by atoms with E-state index in [-0.39, 0.29) is 17.9 Å². The van der Waals surface area contributed by atoms with Gasteiger partial charge >= 0.3 is 6.09 Å². The third-order valence-electron chi connectivity index (χ3n) is 5.18. The number of aromatic nitrogens is 2. The van der Waals surface area contributed by atoms with Crippen molar-refractivity contribution < 1.29 is 14.3 Å². The summed E-state index contributed by atoms with van der Waals surface area (Å²) in [5.74, 6) is 0.967. The molecule has 7 nitrogen and oxygen atoms in total. The lowest BCUT2D eigenvalue weighted by atomic mass is 10.0. The average Bonchev–Trinajstić information content (AvgIpc) is 3.32. The standard InChI is InChI=1S/C21H28N4O3/c1-13(2)18(24-21(27)28-4)20(26)25-12-14(3)10-17(25)19-22-11-16(23-19)15-8-6-5-7-9-15/h5-9,11,13-14,17-18H,10,12H2,1-4H3,(H,22,23)(H,24,27)/t14-,17-,18-/m0/s1. The molecule has 150 valence electrons. The summed E-state index contributed by atoms with van der Waals surface area (Å²) in [7, 11) is 1.30. The van der Waals surface area contributed by atoms with Crippen molar-refractivity contribution in [3.05, 3.63) is 42.4 Å². The molecule has 1 aliphatic rings.